The van der Waals surface area contributed by atoms with Crippen LogP contribution in [-0.4, -0.2) is 32.0 Å². The Bertz CT molecular complexity index is 634. The monoisotopic (exact) mass is 248 g/mol. The molecular weight excluding hydrogens is 240 g/mol. The number of aromatic amines is 1. The quantitative estimate of drug-likeness (QED) is 0.679. The molecule has 0 aliphatic carbocycles. The Balaban J connectivity index is 2.10. The van der Waals surface area contributed by atoms with Gasteiger partial charge in [-0.25, -0.2) is 15.0 Å². The number of hydrogen-bond donors (Lipinski definition) is 2. The predicted molar refractivity (Wildman–Crippen MR) is 61.9 cm³/mol. The highest BCUT2D eigenvalue weighted by molar-refractivity contribution is 7.99. The molecule has 0 radical (unpaired) electrons. The topological polar surface area (TPSA) is 92.5 Å². The van der Waals surface area contributed by atoms with Gasteiger partial charge in [0.15, 0.2) is 5.65 Å². The van der Waals surface area contributed by atoms with E-state index in [4.69, 9.17) is 4.42 Å². The van der Waals surface area contributed by atoms with Crippen LogP contribution in [0.2, 0.25) is 0 Å². The van der Waals surface area contributed by atoms with Crippen LogP contribution in [0.1, 0.15) is 0 Å². The number of hydrogen-bond acceptors (Lipinski definition) is 7. The van der Waals surface area contributed by atoms with Crippen LogP contribution < -0.4 is 5.32 Å². The zero-order chi connectivity index (χ0) is 11.7. The average molecular weight is 248 g/mol. The van der Waals surface area contributed by atoms with Crippen molar-refractivity contribution in [1.82, 2.24) is 24.9 Å². The van der Waals surface area contributed by atoms with Gasteiger partial charge in [0.2, 0.25) is 5.95 Å². The van der Waals surface area contributed by atoms with Gasteiger partial charge >= 0.3 is 0 Å². The van der Waals surface area contributed by atoms with E-state index in [2.05, 4.69) is 30.2 Å². The van der Waals surface area contributed by atoms with Crippen LogP contribution in [0, 0.1) is 0 Å². The lowest BCUT2D eigenvalue weighted by molar-refractivity contribution is 0.454. The smallest absolute Gasteiger partial charge is 0.262 e. The summed E-state index contributed by atoms with van der Waals surface area (Å²) in [5.74, 6) is 0.513. The number of nitrogens with zero attached hydrogens (tertiary/aromatic N) is 4. The van der Waals surface area contributed by atoms with E-state index in [9.17, 15) is 0 Å². The highest BCUT2D eigenvalue weighted by Gasteiger charge is 2.12. The number of aromatic nitrogens is 5. The Morgan fingerprint density at radius 2 is 2.29 bits per heavy atom. The first-order valence-electron chi connectivity index (χ1n) is 4.83. The second-order valence-corrected chi connectivity index (χ2v) is 4.04. The summed E-state index contributed by atoms with van der Waals surface area (Å²) in [5.41, 5.74) is 1.38. The summed E-state index contributed by atoms with van der Waals surface area (Å²) in [7, 11) is 1.76. The number of nitrogens with one attached hydrogen (secondary N) is 2. The fraction of sp³-hybridized carbons (Fsp3) is 0.111. The Morgan fingerprint density at radius 3 is 3.06 bits per heavy atom. The molecule has 0 saturated carbocycles. The first-order valence-corrected chi connectivity index (χ1v) is 5.64. The molecule has 8 heteroatoms. The van der Waals surface area contributed by atoms with E-state index in [-0.39, 0.29) is 0 Å². The third kappa shape index (κ3) is 1.82. The summed E-state index contributed by atoms with van der Waals surface area (Å²) in [6.07, 6.45) is 4.69. The maximum Gasteiger partial charge on any atom is 0.262 e. The minimum absolute atomic E-state index is 0.513. The van der Waals surface area contributed by atoms with Gasteiger partial charge in [0, 0.05) is 7.05 Å². The van der Waals surface area contributed by atoms with Crippen LogP contribution in [-0.2, 0) is 0 Å². The number of fused-ring (bicyclic) bond motifs is 1. The number of imidazole rings is 1. The van der Waals surface area contributed by atoms with Gasteiger partial charge in [0.25, 0.3) is 5.22 Å². The Labute approximate surface area is 100 Å². The van der Waals surface area contributed by atoms with E-state index in [1.807, 2.05) is 0 Å². The summed E-state index contributed by atoms with van der Waals surface area (Å²) in [5, 5.41) is 4.14. The molecule has 0 aliphatic heterocycles. The molecule has 0 saturated heterocycles. The fourth-order valence-corrected chi connectivity index (χ4v) is 2.10. The highest BCUT2D eigenvalue weighted by atomic mass is 32.2. The first-order chi connectivity index (χ1) is 8.36. The molecule has 0 spiro atoms. The lowest BCUT2D eigenvalue weighted by Gasteiger charge is -2.01. The number of rotatable bonds is 3. The molecule has 3 heterocycles. The molecular formula is C9H8N6OS. The number of anilines is 1. The van der Waals surface area contributed by atoms with E-state index < -0.39 is 0 Å². The lowest BCUT2D eigenvalue weighted by atomic mass is 10.5. The van der Waals surface area contributed by atoms with E-state index in [1.165, 1.54) is 18.0 Å². The van der Waals surface area contributed by atoms with E-state index in [0.29, 0.717) is 16.8 Å². The molecule has 17 heavy (non-hydrogen) atoms. The van der Waals surface area contributed by atoms with Gasteiger partial charge < -0.3 is 14.7 Å². The van der Waals surface area contributed by atoms with Gasteiger partial charge in [-0.15, -0.1) is 0 Å². The largest absolute Gasteiger partial charge is 0.440 e. The molecule has 0 atom stereocenters. The van der Waals surface area contributed by atoms with Crippen molar-refractivity contribution >= 4 is 28.9 Å². The zero-order valence-corrected chi connectivity index (χ0v) is 9.65. The maximum atomic E-state index is 5.17. The van der Waals surface area contributed by atoms with Crippen molar-refractivity contribution in [3.63, 3.8) is 0 Å². The molecule has 0 fully saturated rings. The maximum absolute atomic E-state index is 5.17. The van der Waals surface area contributed by atoms with Crippen molar-refractivity contribution in [2.45, 2.75) is 10.2 Å². The lowest BCUT2D eigenvalue weighted by Crippen LogP contribution is -1.98. The van der Waals surface area contributed by atoms with Crippen molar-refractivity contribution < 1.29 is 4.42 Å². The summed E-state index contributed by atoms with van der Waals surface area (Å²) in [6.45, 7) is 0. The molecule has 0 bridgehead atoms. The zero-order valence-electron chi connectivity index (χ0n) is 8.84. The van der Waals surface area contributed by atoms with E-state index in [0.717, 1.165) is 10.5 Å². The van der Waals surface area contributed by atoms with Crippen LogP contribution in [0.3, 0.4) is 0 Å². The summed E-state index contributed by atoms with van der Waals surface area (Å²) < 4.78 is 5.17. The fourth-order valence-electron chi connectivity index (χ4n) is 1.34. The van der Waals surface area contributed by atoms with Gasteiger partial charge in [-0.05, 0) is 11.8 Å². The van der Waals surface area contributed by atoms with Crippen LogP contribution in [0.5, 0.6) is 0 Å². The molecule has 7 nitrogen and oxygen atoms in total. The molecule has 2 N–H and O–H groups in total. The molecule has 0 aliphatic rings. The number of H-pyrrole nitrogens is 1. The Hall–Kier alpha value is -2.09. The SMILES string of the molecule is CNc1nc(Sc2ncco2)c2[nH]cnc2n1. The van der Waals surface area contributed by atoms with Crippen LogP contribution >= 0.6 is 11.8 Å². The summed E-state index contributed by atoms with van der Waals surface area (Å²) in [6, 6.07) is 0. The molecule has 0 amide bonds. The third-order valence-corrected chi connectivity index (χ3v) is 2.93. The minimum atomic E-state index is 0.513. The highest BCUT2D eigenvalue weighted by Crippen LogP contribution is 2.29. The van der Waals surface area contributed by atoms with Crippen molar-refractivity contribution in [3.8, 4) is 0 Å². The van der Waals surface area contributed by atoms with Crippen LogP contribution in [0.15, 0.2) is 33.5 Å². The average Bonchev–Trinajstić information content (AvgIpc) is 2.98. The molecule has 86 valence electrons. The molecule has 3 aromatic heterocycles. The Morgan fingerprint density at radius 1 is 1.35 bits per heavy atom. The van der Waals surface area contributed by atoms with Gasteiger partial charge in [-0.2, -0.15) is 4.98 Å². The van der Waals surface area contributed by atoms with Gasteiger partial charge in [0.05, 0.1) is 12.5 Å². The van der Waals surface area contributed by atoms with Crippen molar-refractivity contribution in [2.75, 3.05) is 12.4 Å². The standard InChI is InChI=1S/C9H8N6OS/c1-10-8-14-6-5(12-4-13-6)7(15-8)17-9-11-2-3-16-9/h2-4H,1H3,(H2,10,12,13,14,15). The molecule has 3 rings (SSSR count). The van der Waals surface area contributed by atoms with Gasteiger partial charge in [0.1, 0.15) is 16.8 Å². The minimum Gasteiger partial charge on any atom is -0.440 e. The second kappa shape index (κ2) is 4.06. The van der Waals surface area contributed by atoms with Crippen LogP contribution in [0.4, 0.5) is 5.95 Å². The summed E-state index contributed by atoms with van der Waals surface area (Å²) >= 11 is 1.32. The molecule has 0 aromatic carbocycles. The van der Waals surface area contributed by atoms with Gasteiger partial charge in [-0.1, -0.05) is 0 Å². The van der Waals surface area contributed by atoms with E-state index >= 15 is 0 Å². The van der Waals surface area contributed by atoms with Crippen LogP contribution in [0.25, 0.3) is 11.2 Å². The van der Waals surface area contributed by atoms with Crippen molar-refractivity contribution in [1.29, 1.82) is 0 Å². The first kappa shape index (κ1) is 10.1. The van der Waals surface area contributed by atoms with Crippen molar-refractivity contribution in [3.05, 3.63) is 18.8 Å². The number of oxazole rings is 1. The van der Waals surface area contributed by atoms with Crippen molar-refractivity contribution in [2.24, 2.45) is 0 Å². The summed E-state index contributed by atoms with van der Waals surface area (Å²) in [4.78, 5) is 19.7. The van der Waals surface area contributed by atoms with E-state index in [1.54, 1.807) is 19.6 Å². The normalized spacial score (nSPS) is 10.9. The Kier molecular flexibility index (Phi) is 2.41. The third-order valence-electron chi connectivity index (χ3n) is 2.07. The molecule has 0 unspecified atom stereocenters. The predicted octanol–water partition coefficient (Wildman–Crippen LogP) is 1.53. The van der Waals surface area contributed by atoms with Gasteiger partial charge in [-0.3, -0.25) is 0 Å². The molecule has 3 aromatic rings. The second-order valence-electron chi connectivity index (χ2n) is 3.10.